The Kier molecular flexibility index (Phi) is 4.36. The van der Waals surface area contributed by atoms with Gasteiger partial charge in [-0.2, -0.15) is 11.3 Å². The Morgan fingerprint density at radius 3 is 3.19 bits per heavy atom. The molecule has 0 radical (unpaired) electrons. The van der Waals surface area contributed by atoms with Crippen molar-refractivity contribution in [2.75, 3.05) is 11.9 Å². The highest BCUT2D eigenvalue weighted by molar-refractivity contribution is 7.08. The molecule has 1 atom stereocenters. The van der Waals surface area contributed by atoms with Crippen molar-refractivity contribution in [1.82, 2.24) is 5.32 Å². The van der Waals surface area contributed by atoms with E-state index >= 15 is 0 Å². The molecule has 1 aliphatic rings. The Bertz CT molecular complexity index is 318. The SMILES string of the molecule is O=C(CCC1CCCCN1)Nc1ccsc1. The van der Waals surface area contributed by atoms with Crippen LogP contribution in [0.25, 0.3) is 0 Å². The zero-order chi connectivity index (χ0) is 11.2. The number of thiophene rings is 1. The van der Waals surface area contributed by atoms with Crippen molar-refractivity contribution in [2.24, 2.45) is 0 Å². The zero-order valence-electron chi connectivity index (χ0n) is 9.37. The fourth-order valence-electron chi connectivity index (χ4n) is 2.03. The summed E-state index contributed by atoms with van der Waals surface area (Å²) in [6.07, 6.45) is 5.36. The molecule has 0 spiro atoms. The highest BCUT2D eigenvalue weighted by atomic mass is 32.1. The first-order chi connectivity index (χ1) is 7.84. The number of amides is 1. The number of piperidine rings is 1. The molecule has 1 unspecified atom stereocenters. The number of anilines is 1. The lowest BCUT2D eigenvalue weighted by Crippen LogP contribution is -2.34. The summed E-state index contributed by atoms with van der Waals surface area (Å²) in [5, 5.41) is 10.3. The standard InChI is InChI=1S/C12H18N2OS/c15-12(14-11-6-8-16-9-11)5-4-10-3-1-2-7-13-10/h6,8-10,13H,1-5,7H2,(H,14,15). The second-order valence-electron chi connectivity index (χ2n) is 4.25. The van der Waals surface area contributed by atoms with Gasteiger partial charge in [0, 0.05) is 17.8 Å². The van der Waals surface area contributed by atoms with E-state index in [0.717, 1.165) is 18.7 Å². The molecule has 1 saturated heterocycles. The fraction of sp³-hybridized carbons (Fsp3) is 0.583. The Labute approximate surface area is 100 Å². The fourth-order valence-corrected chi connectivity index (χ4v) is 2.62. The van der Waals surface area contributed by atoms with Gasteiger partial charge in [0.05, 0.1) is 5.69 Å². The third kappa shape index (κ3) is 3.61. The van der Waals surface area contributed by atoms with Crippen LogP contribution in [0.4, 0.5) is 5.69 Å². The van der Waals surface area contributed by atoms with E-state index < -0.39 is 0 Å². The van der Waals surface area contributed by atoms with Crippen LogP contribution in [0, 0.1) is 0 Å². The normalized spacial score (nSPS) is 20.6. The first-order valence-electron chi connectivity index (χ1n) is 5.90. The average molecular weight is 238 g/mol. The predicted octanol–water partition coefficient (Wildman–Crippen LogP) is 2.61. The maximum absolute atomic E-state index is 11.6. The highest BCUT2D eigenvalue weighted by Gasteiger charge is 2.13. The van der Waals surface area contributed by atoms with Gasteiger partial charge in [0.15, 0.2) is 0 Å². The second-order valence-corrected chi connectivity index (χ2v) is 5.03. The molecular formula is C12H18N2OS. The van der Waals surface area contributed by atoms with Crippen molar-refractivity contribution in [3.05, 3.63) is 16.8 Å². The minimum Gasteiger partial charge on any atom is -0.325 e. The number of carbonyl (C=O) groups excluding carboxylic acids is 1. The molecule has 16 heavy (non-hydrogen) atoms. The van der Waals surface area contributed by atoms with Crippen molar-refractivity contribution in [3.8, 4) is 0 Å². The molecule has 2 N–H and O–H groups in total. The summed E-state index contributed by atoms with van der Waals surface area (Å²) in [5.41, 5.74) is 0.923. The third-order valence-electron chi connectivity index (χ3n) is 2.94. The van der Waals surface area contributed by atoms with Crippen LogP contribution in [0.3, 0.4) is 0 Å². The molecule has 3 nitrogen and oxygen atoms in total. The summed E-state index contributed by atoms with van der Waals surface area (Å²) in [5.74, 6) is 0.130. The predicted molar refractivity (Wildman–Crippen MR) is 67.8 cm³/mol. The van der Waals surface area contributed by atoms with Gasteiger partial charge >= 0.3 is 0 Å². The molecule has 0 aromatic carbocycles. The summed E-state index contributed by atoms with van der Waals surface area (Å²) >= 11 is 1.60. The van der Waals surface area contributed by atoms with Gasteiger partial charge in [-0.05, 0) is 37.3 Å². The van der Waals surface area contributed by atoms with Crippen LogP contribution in [-0.4, -0.2) is 18.5 Å². The number of carbonyl (C=O) groups is 1. The molecular weight excluding hydrogens is 220 g/mol. The van der Waals surface area contributed by atoms with Crippen molar-refractivity contribution in [3.63, 3.8) is 0 Å². The maximum atomic E-state index is 11.6. The summed E-state index contributed by atoms with van der Waals surface area (Å²) in [7, 11) is 0. The minimum absolute atomic E-state index is 0.130. The van der Waals surface area contributed by atoms with Crippen LogP contribution in [-0.2, 0) is 4.79 Å². The third-order valence-corrected chi connectivity index (χ3v) is 3.62. The molecule has 0 aliphatic carbocycles. The topological polar surface area (TPSA) is 41.1 Å². The average Bonchev–Trinajstić information content (AvgIpc) is 2.81. The van der Waals surface area contributed by atoms with Crippen LogP contribution < -0.4 is 10.6 Å². The molecule has 1 aromatic rings. The lowest BCUT2D eigenvalue weighted by atomic mass is 10.0. The second kappa shape index (κ2) is 6.01. The molecule has 2 heterocycles. The number of hydrogen-bond acceptors (Lipinski definition) is 3. The van der Waals surface area contributed by atoms with Gasteiger partial charge in [-0.25, -0.2) is 0 Å². The molecule has 4 heteroatoms. The number of rotatable bonds is 4. The summed E-state index contributed by atoms with van der Waals surface area (Å²) in [6.45, 7) is 1.11. The molecule has 0 bridgehead atoms. The van der Waals surface area contributed by atoms with Crippen molar-refractivity contribution < 1.29 is 4.79 Å². The van der Waals surface area contributed by atoms with Crippen LogP contribution >= 0.6 is 11.3 Å². The molecule has 1 fully saturated rings. The molecule has 1 aromatic heterocycles. The van der Waals surface area contributed by atoms with Crippen LogP contribution in [0.1, 0.15) is 32.1 Å². The van der Waals surface area contributed by atoms with Crippen LogP contribution in [0.15, 0.2) is 16.8 Å². The number of nitrogens with one attached hydrogen (secondary N) is 2. The highest BCUT2D eigenvalue weighted by Crippen LogP contribution is 2.14. The van der Waals surface area contributed by atoms with E-state index in [0.29, 0.717) is 12.5 Å². The molecule has 2 rings (SSSR count). The Hall–Kier alpha value is -0.870. The largest absolute Gasteiger partial charge is 0.325 e. The lowest BCUT2D eigenvalue weighted by molar-refractivity contribution is -0.116. The Morgan fingerprint density at radius 1 is 1.56 bits per heavy atom. The van der Waals surface area contributed by atoms with Crippen LogP contribution in [0.5, 0.6) is 0 Å². The van der Waals surface area contributed by atoms with Gasteiger partial charge < -0.3 is 10.6 Å². The van der Waals surface area contributed by atoms with Gasteiger partial charge in [-0.3, -0.25) is 4.79 Å². The van der Waals surface area contributed by atoms with Gasteiger partial charge in [-0.15, -0.1) is 0 Å². The first-order valence-corrected chi connectivity index (χ1v) is 6.84. The van der Waals surface area contributed by atoms with Crippen LogP contribution in [0.2, 0.25) is 0 Å². The molecule has 88 valence electrons. The quantitative estimate of drug-likeness (QED) is 0.846. The summed E-state index contributed by atoms with van der Waals surface area (Å²) < 4.78 is 0. The smallest absolute Gasteiger partial charge is 0.224 e. The zero-order valence-corrected chi connectivity index (χ0v) is 10.2. The van der Waals surface area contributed by atoms with Gasteiger partial charge in [0.25, 0.3) is 0 Å². The molecule has 1 aliphatic heterocycles. The maximum Gasteiger partial charge on any atom is 0.224 e. The lowest BCUT2D eigenvalue weighted by Gasteiger charge is -2.22. The van der Waals surface area contributed by atoms with E-state index in [4.69, 9.17) is 0 Å². The summed E-state index contributed by atoms with van der Waals surface area (Å²) in [6, 6.07) is 2.48. The minimum atomic E-state index is 0.130. The van der Waals surface area contributed by atoms with E-state index in [9.17, 15) is 4.79 Å². The van der Waals surface area contributed by atoms with E-state index in [2.05, 4.69) is 10.6 Å². The van der Waals surface area contributed by atoms with Gasteiger partial charge in [0.1, 0.15) is 0 Å². The monoisotopic (exact) mass is 238 g/mol. The Balaban J connectivity index is 1.67. The van der Waals surface area contributed by atoms with E-state index in [1.54, 1.807) is 11.3 Å². The van der Waals surface area contributed by atoms with E-state index in [-0.39, 0.29) is 5.91 Å². The van der Waals surface area contributed by atoms with E-state index in [1.807, 2.05) is 16.8 Å². The van der Waals surface area contributed by atoms with Crippen molar-refractivity contribution in [2.45, 2.75) is 38.1 Å². The first kappa shape index (κ1) is 11.6. The van der Waals surface area contributed by atoms with Crippen molar-refractivity contribution >= 4 is 22.9 Å². The van der Waals surface area contributed by atoms with E-state index in [1.165, 1.54) is 19.3 Å². The number of hydrogen-bond donors (Lipinski definition) is 2. The van der Waals surface area contributed by atoms with Gasteiger partial charge in [-0.1, -0.05) is 6.42 Å². The Morgan fingerprint density at radius 2 is 2.50 bits per heavy atom. The molecule has 1 amide bonds. The molecule has 0 saturated carbocycles. The van der Waals surface area contributed by atoms with Crippen molar-refractivity contribution in [1.29, 1.82) is 0 Å². The van der Waals surface area contributed by atoms with Gasteiger partial charge in [0.2, 0.25) is 5.91 Å². The summed E-state index contributed by atoms with van der Waals surface area (Å²) in [4.78, 5) is 11.6.